The van der Waals surface area contributed by atoms with E-state index in [1.54, 1.807) is 17.9 Å². The van der Waals surface area contributed by atoms with Gasteiger partial charge in [0.1, 0.15) is 24.2 Å². The summed E-state index contributed by atoms with van der Waals surface area (Å²) < 4.78 is 12.0. The second kappa shape index (κ2) is 11.1. The fourth-order valence-electron chi connectivity index (χ4n) is 6.83. The molecule has 1 spiro atoms. The molecule has 2 unspecified atom stereocenters. The highest BCUT2D eigenvalue weighted by molar-refractivity contribution is 6.05. The van der Waals surface area contributed by atoms with Crippen molar-refractivity contribution in [3.8, 4) is 0 Å². The Morgan fingerprint density at radius 3 is 2.38 bits per heavy atom. The smallest absolute Gasteiger partial charge is 0.313 e. The molecule has 0 saturated carbocycles. The van der Waals surface area contributed by atoms with E-state index in [2.05, 4.69) is 31.9 Å². The van der Waals surface area contributed by atoms with E-state index < -0.39 is 41.1 Å². The lowest BCUT2D eigenvalue weighted by atomic mass is 9.66. The van der Waals surface area contributed by atoms with Gasteiger partial charge < -0.3 is 29.3 Å². The summed E-state index contributed by atoms with van der Waals surface area (Å²) in [6.07, 6.45) is 4.08. The summed E-state index contributed by atoms with van der Waals surface area (Å²) in [6, 6.07) is 6.08. The zero-order valence-electron chi connectivity index (χ0n) is 23.5. The van der Waals surface area contributed by atoms with Crippen LogP contribution in [-0.2, 0) is 23.9 Å². The van der Waals surface area contributed by atoms with Crippen molar-refractivity contribution in [2.24, 2.45) is 11.8 Å². The molecule has 2 amide bonds. The topological polar surface area (TPSA) is 99.6 Å². The SMILES string of the molecule is C=CCOC(=O)[C@H]1[C@H]2C(=O)N([C@H](C)CO)C(C(=O)N(CC=C)c3ccc(N(CC)CC)cc3)C23CC[C@]1(C)O3. The van der Waals surface area contributed by atoms with Crippen molar-refractivity contribution in [1.82, 2.24) is 4.90 Å². The minimum Gasteiger partial charge on any atom is -0.461 e. The molecule has 0 aliphatic carbocycles. The van der Waals surface area contributed by atoms with Gasteiger partial charge in [0.15, 0.2) is 0 Å². The normalized spacial score (nSPS) is 29.6. The number of carbonyl (C=O) groups excluding carboxylic acids is 3. The average molecular weight is 540 g/mol. The monoisotopic (exact) mass is 539 g/mol. The minimum absolute atomic E-state index is 0.0229. The van der Waals surface area contributed by atoms with Crippen molar-refractivity contribution >= 4 is 29.2 Å². The summed E-state index contributed by atoms with van der Waals surface area (Å²) in [4.78, 5) is 47.0. The van der Waals surface area contributed by atoms with Crippen molar-refractivity contribution in [2.45, 2.75) is 63.8 Å². The number of hydrogen-bond donors (Lipinski definition) is 1. The van der Waals surface area contributed by atoms with E-state index in [-0.39, 0.29) is 31.6 Å². The van der Waals surface area contributed by atoms with Crippen LogP contribution in [0.3, 0.4) is 0 Å². The summed E-state index contributed by atoms with van der Waals surface area (Å²) >= 11 is 0. The van der Waals surface area contributed by atoms with E-state index in [1.807, 2.05) is 31.2 Å². The molecule has 3 aliphatic rings. The largest absolute Gasteiger partial charge is 0.461 e. The highest BCUT2D eigenvalue weighted by atomic mass is 16.6. The number of fused-ring (bicyclic) bond motifs is 1. The van der Waals surface area contributed by atoms with Gasteiger partial charge in [0.25, 0.3) is 5.91 Å². The number of anilines is 2. The van der Waals surface area contributed by atoms with Crippen LogP contribution >= 0.6 is 0 Å². The standard InChI is InChI=1S/C30H41N3O6/c1-7-17-32(22-13-11-21(12-14-22)31(9-3)10-4)27(36)25-30-16-15-29(6,39-30)24(28(37)38-18-8-2)23(30)26(35)33(25)20(5)19-34/h7-8,11-14,20,23-25,34H,1-2,9-10,15-19H2,3-6H3/t20-,23+,24-,25?,29+,30?/m1/s1. The number of amides is 2. The number of aliphatic hydroxyl groups excluding tert-OH is 1. The highest BCUT2D eigenvalue weighted by Crippen LogP contribution is 2.63. The first-order valence-corrected chi connectivity index (χ1v) is 13.8. The Bertz CT molecular complexity index is 1120. The molecule has 1 N–H and O–H groups in total. The van der Waals surface area contributed by atoms with Gasteiger partial charge in [0.05, 0.1) is 24.2 Å². The van der Waals surface area contributed by atoms with E-state index in [0.717, 1.165) is 18.8 Å². The van der Waals surface area contributed by atoms with Crippen LogP contribution in [0, 0.1) is 11.8 Å². The Morgan fingerprint density at radius 1 is 1.18 bits per heavy atom. The fraction of sp³-hybridized carbons (Fsp3) is 0.567. The van der Waals surface area contributed by atoms with Crippen LogP contribution in [0.5, 0.6) is 0 Å². The summed E-state index contributed by atoms with van der Waals surface area (Å²) in [5, 5.41) is 10.1. The first kappa shape index (κ1) is 28.8. The van der Waals surface area contributed by atoms with Gasteiger partial charge in [-0.3, -0.25) is 14.4 Å². The molecule has 3 aliphatic heterocycles. The van der Waals surface area contributed by atoms with Gasteiger partial charge in [-0.2, -0.15) is 0 Å². The summed E-state index contributed by atoms with van der Waals surface area (Å²) in [5.41, 5.74) is -0.419. The van der Waals surface area contributed by atoms with Crippen molar-refractivity contribution in [3.05, 3.63) is 49.6 Å². The summed E-state index contributed by atoms with van der Waals surface area (Å²) in [6.45, 7) is 16.8. The Hall–Kier alpha value is -3.17. The molecule has 3 fully saturated rings. The van der Waals surface area contributed by atoms with Crippen LogP contribution in [0.1, 0.15) is 40.5 Å². The second-order valence-electron chi connectivity index (χ2n) is 10.8. The molecule has 4 rings (SSSR count). The molecule has 3 heterocycles. The Labute approximate surface area is 231 Å². The molecular formula is C30H41N3O6. The highest BCUT2D eigenvalue weighted by Gasteiger charge is 2.79. The van der Waals surface area contributed by atoms with E-state index in [4.69, 9.17) is 9.47 Å². The zero-order valence-corrected chi connectivity index (χ0v) is 23.5. The number of likely N-dealkylation sites (tertiary alicyclic amines) is 1. The van der Waals surface area contributed by atoms with Crippen molar-refractivity contribution in [1.29, 1.82) is 0 Å². The Kier molecular flexibility index (Phi) is 8.23. The minimum atomic E-state index is -1.20. The lowest BCUT2D eigenvalue weighted by Crippen LogP contribution is -2.58. The number of ether oxygens (including phenoxy) is 2. The molecule has 3 saturated heterocycles. The number of aliphatic hydroxyl groups is 1. The first-order valence-electron chi connectivity index (χ1n) is 13.8. The predicted octanol–water partition coefficient (Wildman–Crippen LogP) is 2.93. The lowest BCUT2D eigenvalue weighted by molar-refractivity contribution is -0.159. The predicted molar refractivity (Wildman–Crippen MR) is 149 cm³/mol. The molecule has 0 aromatic heterocycles. The van der Waals surface area contributed by atoms with Gasteiger partial charge in [-0.05, 0) is 64.8 Å². The van der Waals surface area contributed by atoms with Gasteiger partial charge in [-0.1, -0.05) is 18.7 Å². The van der Waals surface area contributed by atoms with E-state index in [9.17, 15) is 19.5 Å². The zero-order chi connectivity index (χ0) is 28.5. The number of benzene rings is 1. The summed E-state index contributed by atoms with van der Waals surface area (Å²) in [7, 11) is 0. The molecule has 6 atom stereocenters. The summed E-state index contributed by atoms with van der Waals surface area (Å²) in [5.74, 6) is -2.96. The maximum Gasteiger partial charge on any atom is 0.313 e. The maximum atomic E-state index is 14.5. The molecule has 39 heavy (non-hydrogen) atoms. The van der Waals surface area contributed by atoms with Crippen LogP contribution in [0.2, 0.25) is 0 Å². The van der Waals surface area contributed by atoms with Crippen LogP contribution in [-0.4, -0.2) is 83.9 Å². The number of hydrogen-bond acceptors (Lipinski definition) is 7. The van der Waals surface area contributed by atoms with E-state index >= 15 is 0 Å². The van der Waals surface area contributed by atoms with Crippen LogP contribution in [0.15, 0.2) is 49.6 Å². The number of carbonyl (C=O) groups is 3. The molecule has 9 heteroatoms. The number of nitrogens with zero attached hydrogens (tertiary/aromatic N) is 3. The van der Waals surface area contributed by atoms with Crippen LogP contribution in [0.4, 0.5) is 11.4 Å². The van der Waals surface area contributed by atoms with Gasteiger partial charge in [-0.25, -0.2) is 0 Å². The van der Waals surface area contributed by atoms with E-state index in [1.165, 1.54) is 11.0 Å². The van der Waals surface area contributed by atoms with Gasteiger partial charge in [-0.15, -0.1) is 6.58 Å². The third-order valence-corrected chi connectivity index (χ3v) is 8.65. The molecule has 1 aromatic rings. The van der Waals surface area contributed by atoms with Crippen LogP contribution < -0.4 is 9.80 Å². The third kappa shape index (κ3) is 4.55. The fourth-order valence-corrected chi connectivity index (χ4v) is 6.83. The van der Waals surface area contributed by atoms with Crippen molar-refractivity contribution in [3.63, 3.8) is 0 Å². The second-order valence-corrected chi connectivity index (χ2v) is 10.8. The van der Waals surface area contributed by atoms with Crippen molar-refractivity contribution in [2.75, 3.05) is 42.6 Å². The molecular weight excluding hydrogens is 498 g/mol. The molecule has 2 bridgehead atoms. The Morgan fingerprint density at radius 2 is 1.82 bits per heavy atom. The molecule has 9 nitrogen and oxygen atoms in total. The van der Waals surface area contributed by atoms with Gasteiger partial charge in [0.2, 0.25) is 5.91 Å². The third-order valence-electron chi connectivity index (χ3n) is 8.65. The maximum absolute atomic E-state index is 14.5. The molecule has 0 radical (unpaired) electrons. The lowest BCUT2D eigenvalue weighted by Gasteiger charge is -2.38. The van der Waals surface area contributed by atoms with Gasteiger partial charge >= 0.3 is 5.97 Å². The molecule has 1 aromatic carbocycles. The number of rotatable bonds is 12. The quantitative estimate of drug-likeness (QED) is 0.322. The number of esters is 1. The first-order chi connectivity index (χ1) is 18.6. The van der Waals surface area contributed by atoms with Crippen LogP contribution in [0.25, 0.3) is 0 Å². The molecule has 212 valence electrons. The Balaban J connectivity index is 1.76. The van der Waals surface area contributed by atoms with Crippen molar-refractivity contribution < 1.29 is 29.0 Å². The van der Waals surface area contributed by atoms with Gasteiger partial charge in [0, 0.05) is 31.0 Å². The van der Waals surface area contributed by atoms with E-state index in [0.29, 0.717) is 18.5 Å². The average Bonchev–Trinajstić information content (AvgIpc) is 3.51.